The number of hydrogen-bond acceptors (Lipinski definition) is 3. The molecule has 4 heteroatoms. The number of anilines is 1. The van der Waals surface area contributed by atoms with Crippen LogP contribution in [0.3, 0.4) is 0 Å². The van der Waals surface area contributed by atoms with Crippen molar-refractivity contribution in [3.8, 4) is 28.3 Å². The van der Waals surface area contributed by atoms with Gasteiger partial charge in [0.1, 0.15) is 5.75 Å². The van der Waals surface area contributed by atoms with Crippen LogP contribution in [0, 0.1) is 0 Å². The lowest BCUT2D eigenvalue weighted by molar-refractivity contribution is 0.415. The van der Waals surface area contributed by atoms with Gasteiger partial charge in [-0.2, -0.15) is 5.10 Å². The van der Waals surface area contributed by atoms with Crippen LogP contribution in [-0.4, -0.2) is 17.3 Å². The third kappa shape index (κ3) is 2.23. The molecule has 3 N–H and O–H groups in total. The number of nitrogens with one attached hydrogen (secondary N) is 1. The first-order valence-corrected chi connectivity index (χ1v) is 6.32. The van der Waals surface area contributed by atoms with E-state index in [2.05, 4.69) is 10.2 Å². The molecule has 0 fully saturated rings. The number of nitrogens with two attached hydrogens (primary N) is 1. The fraction of sp³-hybridized carbons (Fsp3) is 0.0625. The monoisotopic (exact) mass is 265 g/mol. The third-order valence-corrected chi connectivity index (χ3v) is 3.19. The highest BCUT2D eigenvalue weighted by molar-refractivity contribution is 5.76. The average molecular weight is 265 g/mol. The Labute approximate surface area is 117 Å². The van der Waals surface area contributed by atoms with Gasteiger partial charge in [-0.15, -0.1) is 0 Å². The van der Waals surface area contributed by atoms with E-state index in [1.54, 1.807) is 7.11 Å². The van der Waals surface area contributed by atoms with E-state index in [1.165, 1.54) is 0 Å². The summed E-state index contributed by atoms with van der Waals surface area (Å²) < 4.78 is 5.23. The van der Waals surface area contributed by atoms with Gasteiger partial charge < -0.3 is 10.5 Å². The Morgan fingerprint density at radius 1 is 1.05 bits per heavy atom. The number of methoxy groups -OCH3 is 1. The standard InChI is InChI=1S/C16H15N3O/c1-20-12-6-4-5-11(9-12)15-10-16(19-18-15)13-7-2-3-8-14(13)17/h2-10H,17H2,1H3,(H,18,19). The van der Waals surface area contributed by atoms with Crippen LogP contribution in [0.25, 0.3) is 22.5 Å². The maximum atomic E-state index is 5.98. The normalized spacial score (nSPS) is 10.4. The average Bonchev–Trinajstić information content (AvgIpc) is 2.97. The minimum absolute atomic E-state index is 0.730. The van der Waals surface area contributed by atoms with Crippen LogP contribution in [0.4, 0.5) is 5.69 Å². The minimum Gasteiger partial charge on any atom is -0.497 e. The molecule has 0 aliphatic rings. The molecule has 1 aromatic heterocycles. The summed E-state index contributed by atoms with van der Waals surface area (Å²) in [5.74, 6) is 0.811. The molecule has 3 rings (SSSR count). The van der Waals surface area contributed by atoms with Gasteiger partial charge in [0.15, 0.2) is 0 Å². The van der Waals surface area contributed by atoms with Gasteiger partial charge in [0.2, 0.25) is 0 Å². The number of ether oxygens (including phenoxy) is 1. The topological polar surface area (TPSA) is 63.9 Å². The van der Waals surface area contributed by atoms with Crippen molar-refractivity contribution in [2.45, 2.75) is 0 Å². The molecule has 3 aromatic rings. The minimum atomic E-state index is 0.730. The number of benzene rings is 2. The van der Waals surface area contributed by atoms with Crippen molar-refractivity contribution in [2.75, 3.05) is 12.8 Å². The van der Waals surface area contributed by atoms with Gasteiger partial charge in [0, 0.05) is 16.8 Å². The molecule has 0 radical (unpaired) electrons. The van der Waals surface area contributed by atoms with Crippen molar-refractivity contribution >= 4 is 5.69 Å². The highest BCUT2D eigenvalue weighted by Gasteiger charge is 2.08. The Kier molecular flexibility index (Phi) is 3.13. The number of aromatic amines is 1. The molecule has 0 spiro atoms. The van der Waals surface area contributed by atoms with Crippen molar-refractivity contribution < 1.29 is 4.74 Å². The Morgan fingerprint density at radius 3 is 2.70 bits per heavy atom. The lowest BCUT2D eigenvalue weighted by Gasteiger charge is -2.01. The molecule has 0 unspecified atom stereocenters. The fourth-order valence-electron chi connectivity index (χ4n) is 2.13. The van der Waals surface area contributed by atoms with E-state index in [1.807, 2.05) is 54.6 Å². The predicted octanol–water partition coefficient (Wildman–Crippen LogP) is 3.33. The lowest BCUT2D eigenvalue weighted by Crippen LogP contribution is -1.88. The summed E-state index contributed by atoms with van der Waals surface area (Å²) in [7, 11) is 1.65. The Balaban J connectivity index is 2.00. The molecule has 0 saturated heterocycles. The molecular formula is C16H15N3O. The van der Waals surface area contributed by atoms with Gasteiger partial charge in [0.25, 0.3) is 0 Å². The third-order valence-electron chi connectivity index (χ3n) is 3.19. The van der Waals surface area contributed by atoms with E-state index in [9.17, 15) is 0 Å². The van der Waals surface area contributed by atoms with Crippen LogP contribution in [-0.2, 0) is 0 Å². The first-order chi connectivity index (χ1) is 9.78. The van der Waals surface area contributed by atoms with Crippen molar-refractivity contribution in [2.24, 2.45) is 0 Å². The summed E-state index contributed by atoms with van der Waals surface area (Å²) in [6.07, 6.45) is 0. The van der Waals surface area contributed by atoms with Crippen molar-refractivity contribution in [3.05, 3.63) is 54.6 Å². The Morgan fingerprint density at radius 2 is 1.90 bits per heavy atom. The van der Waals surface area contributed by atoms with E-state index < -0.39 is 0 Å². The SMILES string of the molecule is COc1cccc(-c2cc(-c3ccccc3N)[nH]n2)c1. The van der Waals surface area contributed by atoms with Gasteiger partial charge >= 0.3 is 0 Å². The highest BCUT2D eigenvalue weighted by atomic mass is 16.5. The van der Waals surface area contributed by atoms with Gasteiger partial charge in [-0.1, -0.05) is 30.3 Å². The summed E-state index contributed by atoms with van der Waals surface area (Å²) in [5, 5.41) is 7.37. The van der Waals surface area contributed by atoms with Crippen LogP contribution >= 0.6 is 0 Å². The maximum Gasteiger partial charge on any atom is 0.119 e. The zero-order chi connectivity index (χ0) is 13.9. The predicted molar refractivity (Wildman–Crippen MR) is 80.4 cm³/mol. The summed E-state index contributed by atoms with van der Waals surface area (Å²) in [4.78, 5) is 0. The number of rotatable bonds is 3. The van der Waals surface area contributed by atoms with Gasteiger partial charge in [-0.3, -0.25) is 5.10 Å². The smallest absolute Gasteiger partial charge is 0.119 e. The molecule has 0 atom stereocenters. The largest absolute Gasteiger partial charge is 0.497 e. The molecule has 0 bridgehead atoms. The molecule has 4 nitrogen and oxygen atoms in total. The molecule has 0 saturated carbocycles. The maximum absolute atomic E-state index is 5.98. The number of aromatic nitrogens is 2. The molecule has 1 heterocycles. The van der Waals surface area contributed by atoms with Crippen molar-refractivity contribution in [3.63, 3.8) is 0 Å². The van der Waals surface area contributed by atoms with E-state index >= 15 is 0 Å². The molecular weight excluding hydrogens is 250 g/mol. The van der Waals surface area contributed by atoms with E-state index in [-0.39, 0.29) is 0 Å². The second-order valence-electron chi connectivity index (χ2n) is 4.49. The number of H-pyrrole nitrogens is 1. The van der Waals surface area contributed by atoms with Crippen LogP contribution in [0.1, 0.15) is 0 Å². The fourth-order valence-corrected chi connectivity index (χ4v) is 2.13. The second-order valence-corrected chi connectivity index (χ2v) is 4.49. The van der Waals surface area contributed by atoms with Gasteiger partial charge in [-0.25, -0.2) is 0 Å². The van der Waals surface area contributed by atoms with Crippen LogP contribution < -0.4 is 10.5 Å². The van der Waals surface area contributed by atoms with Crippen LogP contribution in [0.2, 0.25) is 0 Å². The zero-order valence-corrected chi connectivity index (χ0v) is 11.1. The number of nitrogen functional groups attached to an aromatic ring is 1. The molecule has 2 aromatic carbocycles. The summed E-state index contributed by atoms with van der Waals surface area (Å²) in [5.41, 5.74) is 10.4. The van der Waals surface area contributed by atoms with Gasteiger partial charge in [0.05, 0.1) is 18.5 Å². The van der Waals surface area contributed by atoms with Crippen LogP contribution in [0.5, 0.6) is 5.75 Å². The van der Waals surface area contributed by atoms with Crippen LogP contribution in [0.15, 0.2) is 54.6 Å². The second kappa shape index (κ2) is 5.09. The number of hydrogen-bond donors (Lipinski definition) is 2. The van der Waals surface area contributed by atoms with Crippen molar-refractivity contribution in [1.29, 1.82) is 0 Å². The molecule has 0 aliphatic heterocycles. The molecule has 20 heavy (non-hydrogen) atoms. The van der Waals surface area contributed by atoms with E-state index in [4.69, 9.17) is 10.5 Å². The van der Waals surface area contributed by atoms with E-state index in [0.29, 0.717) is 0 Å². The number of nitrogens with zero attached hydrogens (tertiary/aromatic N) is 1. The first-order valence-electron chi connectivity index (χ1n) is 6.32. The quantitative estimate of drug-likeness (QED) is 0.714. The van der Waals surface area contributed by atoms with Gasteiger partial charge in [-0.05, 0) is 24.3 Å². The number of para-hydroxylation sites is 1. The summed E-state index contributed by atoms with van der Waals surface area (Å²) in [6, 6.07) is 17.5. The Bertz CT molecular complexity index is 734. The molecule has 0 aliphatic carbocycles. The molecule has 100 valence electrons. The summed E-state index contributed by atoms with van der Waals surface area (Å²) in [6.45, 7) is 0. The first kappa shape index (κ1) is 12.3. The Hall–Kier alpha value is -2.75. The van der Waals surface area contributed by atoms with E-state index in [0.717, 1.165) is 34.0 Å². The van der Waals surface area contributed by atoms with Crippen molar-refractivity contribution in [1.82, 2.24) is 10.2 Å². The zero-order valence-electron chi connectivity index (χ0n) is 11.1. The lowest BCUT2D eigenvalue weighted by atomic mass is 10.1. The highest BCUT2D eigenvalue weighted by Crippen LogP contribution is 2.28. The summed E-state index contributed by atoms with van der Waals surface area (Å²) >= 11 is 0. The molecule has 0 amide bonds.